The van der Waals surface area contributed by atoms with E-state index in [1.807, 2.05) is 34.9 Å². The third-order valence-corrected chi connectivity index (χ3v) is 12.7. The van der Waals surface area contributed by atoms with Crippen molar-refractivity contribution in [3.63, 3.8) is 0 Å². The summed E-state index contributed by atoms with van der Waals surface area (Å²) in [5.41, 5.74) is 6.66. The SMILES string of the molecule is CC(C)(C)[Si](C)(C)N1C(=O)[C@H](CCc2cnc(N)s2)[C@H]1C(=O)OCc1ccccc1. The molecule has 1 aliphatic rings. The van der Waals surface area contributed by atoms with E-state index < -0.39 is 14.3 Å². The van der Waals surface area contributed by atoms with Crippen LogP contribution in [0.25, 0.3) is 0 Å². The fourth-order valence-electron chi connectivity index (χ4n) is 3.63. The Bertz CT molecular complexity index is 908. The Labute approximate surface area is 183 Å². The second-order valence-corrected chi connectivity index (χ2v) is 15.6. The Balaban J connectivity index is 1.77. The van der Waals surface area contributed by atoms with Gasteiger partial charge < -0.3 is 15.0 Å². The fourth-order valence-corrected chi connectivity index (χ4v) is 6.75. The molecule has 30 heavy (non-hydrogen) atoms. The molecule has 0 aliphatic carbocycles. The number of ether oxygens (including phenoxy) is 1. The van der Waals surface area contributed by atoms with Gasteiger partial charge in [0.05, 0.1) is 5.92 Å². The van der Waals surface area contributed by atoms with Crippen molar-refractivity contribution >= 4 is 36.6 Å². The molecule has 2 atom stereocenters. The van der Waals surface area contributed by atoms with E-state index in [2.05, 4.69) is 38.8 Å². The first-order valence-electron chi connectivity index (χ1n) is 10.3. The van der Waals surface area contributed by atoms with E-state index in [-0.39, 0.29) is 29.4 Å². The van der Waals surface area contributed by atoms with Crippen LogP contribution in [0.3, 0.4) is 0 Å². The lowest BCUT2D eigenvalue weighted by Gasteiger charge is -2.57. The van der Waals surface area contributed by atoms with E-state index >= 15 is 0 Å². The summed E-state index contributed by atoms with van der Waals surface area (Å²) in [5.74, 6) is -0.594. The van der Waals surface area contributed by atoms with Gasteiger partial charge in [-0.25, -0.2) is 9.78 Å². The maximum atomic E-state index is 13.2. The average Bonchev–Trinajstić information content (AvgIpc) is 3.09. The number of hydrogen-bond donors (Lipinski definition) is 1. The molecule has 6 nitrogen and oxygen atoms in total. The fraction of sp³-hybridized carbons (Fsp3) is 0.500. The Morgan fingerprint density at radius 1 is 1.27 bits per heavy atom. The number of nitrogens with two attached hydrogens (primary N) is 1. The van der Waals surface area contributed by atoms with E-state index in [9.17, 15) is 9.59 Å². The van der Waals surface area contributed by atoms with Gasteiger partial charge in [-0.1, -0.05) is 64.2 Å². The van der Waals surface area contributed by atoms with E-state index in [1.165, 1.54) is 11.3 Å². The average molecular weight is 446 g/mol. The number of hydrogen-bond acceptors (Lipinski definition) is 6. The standard InChI is InChI=1S/C22H31N3O3SSi/c1-22(2,3)30(4,5)25-18(20(27)28-14-15-9-7-6-8-10-15)17(19(25)26)12-11-16-13-24-21(23)29-16/h6-10,13,17-18H,11-12,14H2,1-5H3,(H2,23,24)/t17-,18+/m1/s1. The van der Waals surface area contributed by atoms with Gasteiger partial charge in [-0.3, -0.25) is 4.79 Å². The van der Waals surface area contributed by atoms with Crippen molar-refractivity contribution in [3.8, 4) is 0 Å². The molecular formula is C22H31N3O3SSi. The number of carbonyl (C=O) groups excluding carboxylic acids is 2. The van der Waals surface area contributed by atoms with E-state index in [0.717, 1.165) is 10.4 Å². The van der Waals surface area contributed by atoms with Gasteiger partial charge in [-0.05, 0) is 23.4 Å². The lowest BCUT2D eigenvalue weighted by molar-refractivity contribution is -0.169. The van der Waals surface area contributed by atoms with Crippen LogP contribution in [0.15, 0.2) is 36.5 Å². The molecule has 0 saturated carbocycles. The number of benzene rings is 1. The Morgan fingerprint density at radius 3 is 2.50 bits per heavy atom. The molecular weight excluding hydrogens is 414 g/mol. The zero-order chi connectivity index (χ0) is 22.1. The number of rotatable bonds is 7. The topological polar surface area (TPSA) is 85.5 Å². The van der Waals surface area contributed by atoms with Crippen LogP contribution >= 0.6 is 11.3 Å². The number of β-lactam (4-membered cyclic amide) rings is 1. The second kappa shape index (κ2) is 8.51. The Hall–Kier alpha value is -2.19. The van der Waals surface area contributed by atoms with Gasteiger partial charge in [0.1, 0.15) is 12.6 Å². The first-order chi connectivity index (χ1) is 14.0. The highest BCUT2D eigenvalue weighted by Gasteiger charge is 2.60. The van der Waals surface area contributed by atoms with Crippen molar-refractivity contribution in [1.29, 1.82) is 0 Å². The molecule has 3 rings (SSSR count). The number of anilines is 1. The quantitative estimate of drug-likeness (QED) is 0.391. The van der Waals surface area contributed by atoms with Crippen LogP contribution in [0.2, 0.25) is 18.1 Å². The van der Waals surface area contributed by atoms with Crippen molar-refractivity contribution in [1.82, 2.24) is 9.55 Å². The van der Waals surface area contributed by atoms with Crippen LogP contribution in [0.4, 0.5) is 5.13 Å². The zero-order valence-electron chi connectivity index (χ0n) is 18.3. The number of aromatic nitrogens is 1. The van der Waals surface area contributed by atoms with Crippen molar-refractivity contribution in [3.05, 3.63) is 47.0 Å². The van der Waals surface area contributed by atoms with E-state index in [4.69, 9.17) is 10.5 Å². The highest BCUT2D eigenvalue weighted by atomic mass is 32.1. The summed E-state index contributed by atoms with van der Waals surface area (Å²) in [6, 6.07) is 9.10. The number of aryl methyl sites for hydroxylation is 1. The van der Waals surface area contributed by atoms with Crippen LogP contribution in [0.1, 0.15) is 37.6 Å². The molecule has 0 radical (unpaired) electrons. The van der Waals surface area contributed by atoms with Crippen LogP contribution in [0.5, 0.6) is 0 Å². The predicted octanol–water partition coefficient (Wildman–Crippen LogP) is 4.23. The van der Waals surface area contributed by atoms with E-state index in [0.29, 0.717) is 18.0 Å². The molecule has 1 fully saturated rings. The van der Waals surface area contributed by atoms with Crippen molar-refractivity contribution in [2.24, 2.45) is 5.92 Å². The number of esters is 1. The zero-order valence-corrected chi connectivity index (χ0v) is 20.2. The molecule has 2 aromatic rings. The monoisotopic (exact) mass is 445 g/mol. The van der Waals surface area contributed by atoms with E-state index in [1.54, 1.807) is 6.20 Å². The number of nitrogens with zero attached hydrogens (tertiary/aromatic N) is 2. The summed E-state index contributed by atoms with van der Waals surface area (Å²) in [5, 5.41) is 0.462. The smallest absolute Gasteiger partial charge is 0.329 e. The first kappa shape index (κ1) is 22.5. The molecule has 0 unspecified atom stereocenters. The number of thiazole rings is 1. The maximum absolute atomic E-state index is 13.2. The third-order valence-electron chi connectivity index (χ3n) is 6.39. The molecule has 2 N–H and O–H groups in total. The van der Waals surface area contributed by atoms with Gasteiger partial charge in [0.2, 0.25) is 5.91 Å². The molecule has 1 aliphatic heterocycles. The normalized spacial score (nSPS) is 19.5. The summed E-state index contributed by atoms with van der Waals surface area (Å²) < 4.78 is 7.53. The van der Waals surface area contributed by atoms with Gasteiger partial charge in [0.15, 0.2) is 13.4 Å². The molecule has 1 amide bonds. The molecule has 0 spiro atoms. The lowest BCUT2D eigenvalue weighted by atomic mass is 9.86. The Morgan fingerprint density at radius 2 is 1.93 bits per heavy atom. The maximum Gasteiger partial charge on any atom is 0.329 e. The molecule has 162 valence electrons. The van der Waals surface area contributed by atoms with Gasteiger partial charge in [0, 0.05) is 11.1 Å². The molecule has 2 heterocycles. The van der Waals surface area contributed by atoms with Crippen molar-refractivity contribution in [2.75, 3.05) is 5.73 Å². The number of amides is 1. The molecule has 1 saturated heterocycles. The molecule has 0 bridgehead atoms. The van der Waals surface area contributed by atoms with Crippen LogP contribution < -0.4 is 5.73 Å². The summed E-state index contributed by atoms with van der Waals surface area (Å²) in [6.45, 7) is 11.0. The van der Waals surface area contributed by atoms with Crippen LogP contribution in [-0.2, 0) is 27.4 Å². The van der Waals surface area contributed by atoms with Crippen LogP contribution in [-0.4, -0.2) is 35.7 Å². The predicted molar refractivity (Wildman–Crippen MR) is 122 cm³/mol. The third kappa shape index (κ3) is 4.44. The minimum absolute atomic E-state index is 0.0578. The summed E-state index contributed by atoms with van der Waals surface area (Å²) in [6.07, 6.45) is 3.02. The van der Waals surface area contributed by atoms with Gasteiger partial charge >= 0.3 is 5.97 Å². The highest BCUT2D eigenvalue weighted by Crippen LogP contribution is 2.46. The molecule has 1 aromatic carbocycles. The van der Waals surface area contributed by atoms with Crippen molar-refractivity contribution < 1.29 is 14.3 Å². The summed E-state index contributed by atoms with van der Waals surface area (Å²) in [7, 11) is -2.21. The minimum atomic E-state index is -2.21. The Kier molecular flexibility index (Phi) is 6.38. The van der Waals surface area contributed by atoms with Crippen LogP contribution in [0, 0.1) is 5.92 Å². The minimum Gasteiger partial charge on any atom is -0.459 e. The van der Waals surface area contributed by atoms with Gasteiger partial charge in [-0.15, -0.1) is 11.3 Å². The molecule has 8 heteroatoms. The van der Waals surface area contributed by atoms with Gasteiger partial charge in [0.25, 0.3) is 0 Å². The summed E-state index contributed by atoms with van der Waals surface area (Å²) >= 11 is 1.43. The number of carbonyl (C=O) groups is 2. The largest absolute Gasteiger partial charge is 0.459 e. The van der Waals surface area contributed by atoms with Gasteiger partial charge in [-0.2, -0.15) is 0 Å². The first-order valence-corrected chi connectivity index (χ1v) is 14.0. The van der Waals surface area contributed by atoms with Crippen molar-refractivity contribution in [2.45, 2.75) is 64.4 Å². The summed E-state index contributed by atoms with van der Waals surface area (Å²) in [4.78, 5) is 31.4. The lowest BCUT2D eigenvalue weighted by Crippen LogP contribution is -2.75. The molecule has 1 aromatic heterocycles. The number of nitrogen functional groups attached to an aromatic ring is 1. The second-order valence-electron chi connectivity index (χ2n) is 9.37. The highest BCUT2D eigenvalue weighted by molar-refractivity contribution is 7.15.